The second-order valence-electron chi connectivity index (χ2n) is 6.94. The number of rotatable bonds is 4. The summed E-state index contributed by atoms with van der Waals surface area (Å²) < 4.78 is 4.32. The summed E-state index contributed by atoms with van der Waals surface area (Å²) in [6, 6.07) is 8.05. The summed E-state index contributed by atoms with van der Waals surface area (Å²) in [5, 5.41) is 25.4. The maximum absolute atomic E-state index is 13.1. The third-order valence-electron chi connectivity index (χ3n) is 5.08. The first kappa shape index (κ1) is 19.9. The number of amides is 2. The molecular formula is C20H26N4O4. The number of aromatic hydroxyl groups is 1. The number of urea groups is 1. The number of phenolic OH excluding ortho intramolecular Hbond substituents is 1. The van der Waals surface area contributed by atoms with Crippen LogP contribution in [0.1, 0.15) is 18.2 Å². The fraction of sp³-hybridized carbons (Fsp3) is 0.400. The van der Waals surface area contributed by atoms with Crippen LogP contribution in [0.5, 0.6) is 11.6 Å². The number of anilines is 2. The van der Waals surface area contributed by atoms with Gasteiger partial charge in [-0.1, -0.05) is 13.0 Å². The Morgan fingerprint density at radius 3 is 2.68 bits per heavy atom. The summed E-state index contributed by atoms with van der Waals surface area (Å²) in [7, 11) is 1.49. The fourth-order valence-electron chi connectivity index (χ4n) is 3.39. The number of nitrogens with zero attached hydrogens (tertiary/aromatic N) is 3. The zero-order valence-corrected chi connectivity index (χ0v) is 16.4. The monoisotopic (exact) mass is 386 g/mol. The lowest BCUT2D eigenvalue weighted by Gasteiger charge is -2.45. The number of aryl methyl sites for hydroxylation is 2. The summed E-state index contributed by atoms with van der Waals surface area (Å²) in [4.78, 5) is 19.1. The van der Waals surface area contributed by atoms with E-state index >= 15 is 0 Å². The topological polar surface area (TPSA) is 97.8 Å². The highest BCUT2D eigenvalue weighted by Crippen LogP contribution is 2.28. The van der Waals surface area contributed by atoms with Gasteiger partial charge in [-0.3, -0.25) is 9.96 Å². The average molecular weight is 386 g/mol. The number of carbonyl (C=O) groups excluding carboxylic acids is 1. The number of piperazine rings is 1. The largest absolute Gasteiger partial charge is 0.624 e. The highest BCUT2D eigenvalue weighted by molar-refractivity contribution is 5.86. The first-order valence-electron chi connectivity index (χ1n) is 9.34. The molecule has 1 aromatic carbocycles. The molecule has 1 saturated heterocycles. The van der Waals surface area contributed by atoms with Gasteiger partial charge >= 0.3 is 6.03 Å². The van der Waals surface area contributed by atoms with Crippen molar-refractivity contribution in [1.82, 2.24) is 4.98 Å². The lowest BCUT2D eigenvalue weighted by Crippen LogP contribution is -2.60. The van der Waals surface area contributed by atoms with E-state index in [0.717, 1.165) is 23.4 Å². The number of benzene rings is 1. The number of quaternary nitrogens is 1. The van der Waals surface area contributed by atoms with Gasteiger partial charge in [0.25, 0.3) is 0 Å². The van der Waals surface area contributed by atoms with Crippen LogP contribution >= 0.6 is 0 Å². The Labute approximate surface area is 164 Å². The number of methoxy groups -OCH3 is 1. The van der Waals surface area contributed by atoms with Gasteiger partial charge in [0.05, 0.1) is 20.2 Å². The molecule has 8 heteroatoms. The van der Waals surface area contributed by atoms with Crippen LogP contribution in [0.4, 0.5) is 16.2 Å². The van der Waals surface area contributed by atoms with E-state index in [9.17, 15) is 15.1 Å². The number of carbonyl (C=O) groups is 1. The van der Waals surface area contributed by atoms with Gasteiger partial charge in [-0.2, -0.15) is 0 Å². The van der Waals surface area contributed by atoms with Crippen LogP contribution in [0.15, 0.2) is 30.3 Å². The molecule has 2 amide bonds. The summed E-state index contributed by atoms with van der Waals surface area (Å²) in [5.41, 5.74) is 3.07. The highest BCUT2D eigenvalue weighted by atomic mass is 16.6. The average Bonchev–Trinajstić information content (AvgIpc) is 2.68. The molecule has 0 saturated carbocycles. The Hall–Kier alpha value is -2.84. The van der Waals surface area contributed by atoms with Crippen molar-refractivity contribution in [3.8, 4) is 11.6 Å². The second kappa shape index (κ2) is 8.04. The van der Waals surface area contributed by atoms with Crippen molar-refractivity contribution in [2.75, 3.05) is 43.5 Å². The van der Waals surface area contributed by atoms with Gasteiger partial charge in [-0.25, -0.2) is 9.78 Å². The molecule has 150 valence electrons. The molecule has 1 fully saturated rings. The Balaban J connectivity index is 1.71. The minimum absolute atomic E-state index is 0.114. The molecule has 0 atom stereocenters. The number of hydrogen-bond acceptors (Lipinski definition) is 6. The van der Waals surface area contributed by atoms with Crippen LogP contribution in [-0.4, -0.2) is 54.1 Å². The van der Waals surface area contributed by atoms with Crippen LogP contribution in [0.2, 0.25) is 0 Å². The molecule has 2 heterocycles. The normalized spacial score (nSPS) is 15.9. The van der Waals surface area contributed by atoms with E-state index in [-0.39, 0.29) is 18.8 Å². The van der Waals surface area contributed by atoms with Gasteiger partial charge in [0, 0.05) is 17.4 Å². The first-order valence-corrected chi connectivity index (χ1v) is 9.34. The van der Waals surface area contributed by atoms with Crippen LogP contribution in [-0.2, 0) is 6.42 Å². The lowest BCUT2D eigenvalue weighted by molar-refractivity contribution is -0.797. The standard InChI is InChI=1S/C20H26N4O4/c1-4-17-14(2)12-18(19(21-17)28-3)22-20(26)24(27)10-8-23(9-11-24)15-6-5-7-16(25)13-15/h5-7,12-13,25H,4,8-11H2,1-3H3,(H,22,26). The quantitative estimate of drug-likeness (QED) is 0.619. The number of phenols is 1. The molecule has 0 unspecified atom stereocenters. The molecule has 3 rings (SSSR count). The van der Waals surface area contributed by atoms with E-state index in [4.69, 9.17) is 4.74 Å². The fourth-order valence-corrected chi connectivity index (χ4v) is 3.39. The van der Waals surface area contributed by atoms with E-state index in [0.29, 0.717) is 24.7 Å². The smallest absolute Gasteiger partial charge is 0.421 e. The number of ether oxygens (including phenoxy) is 1. The van der Waals surface area contributed by atoms with Gasteiger partial charge in [-0.05, 0) is 37.1 Å². The van der Waals surface area contributed by atoms with Crippen molar-refractivity contribution in [3.05, 3.63) is 46.8 Å². The molecule has 0 bridgehead atoms. The van der Waals surface area contributed by atoms with Crippen molar-refractivity contribution in [3.63, 3.8) is 0 Å². The molecule has 0 spiro atoms. The van der Waals surface area contributed by atoms with Gasteiger partial charge in [0.1, 0.15) is 24.5 Å². The van der Waals surface area contributed by atoms with Gasteiger partial charge in [0.15, 0.2) is 0 Å². The Morgan fingerprint density at radius 1 is 1.36 bits per heavy atom. The van der Waals surface area contributed by atoms with Crippen LogP contribution < -0.4 is 15.0 Å². The molecule has 0 aliphatic carbocycles. The van der Waals surface area contributed by atoms with E-state index < -0.39 is 10.7 Å². The van der Waals surface area contributed by atoms with E-state index in [1.54, 1.807) is 24.3 Å². The van der Waals surface area contributed by atoms with E-state index in [1.807, 2.05) is 24.8 Å². The molecule has 1 aromatic heterocycles. The number of aromatic nitrogens is 1. The molecule has 2 aromatic rings. The SMILES string of the molecule is CCc1nc(OC)c(NC(=O)[N+]2([O-])CCN(c3cccc(O)c3)CC2)cc1C. The molecule has 28 heavy (non-hydrogen) atoms. The maximum Gasteiger partial charge on any atom is 0.421 e. The zero-order chi connectivity index (χ0) is 20.3. The summed E-state index contributed by atoms with van der Waals surface area (Å²) in [6.07, 6.45) is 0.753. The van der Waals surface area contributed by atoms with E-state index in [2.05, 4.69) is 10.3 Å². The molecule has 8 nitrogen and oxygen atoms in total. The summed E-state index contributed by atoms with van der Waals surface area (Å²) in [5.74, 6) is 0.481. The van der Waals surface area contributed by atoms with Crippen LogP contribution in [0.3, 0.4) is 0 Å². The third kappa shape index (κ3) is 4.02. The maximum atomic E-state index is 13.1. The number of hydroxylamine groups is 3. The minimum atomic E-state index is -0.965. The Bertz CT molecular complexity index is 863. The molecule has 1 aliphatic rings. The second-order valence-corrected chi connectivity index (χ2v) is 6.94. The summed E-state index contributed by atoms with van der Waals surface area (Å²) >= 11 is 0. The van der Waals surface area contributed by atoms with Crippen molar-refractivity contribution in [2.24, 2.45) is 0 Å². The molecule has 0 radical (unpaired) electrons. The predicted octanol–water partition coefficient (Wildman–Crippen LogP) is 3.03. The lowest BCUT2D eigenvalue weighted by atomic mass is 10.1. The number of nitrogens with one attached hydrogen (secondary N) is 1. The number of hydrogen-bond donors (Lipinski definition) is 2. The van der Waals surface area contributed by atoms with Crippen LogP contribution in [0.25, 0.3) is 0 Å². The molecule has 1 aliphatic heterocycles. The number of pyridine rings is 1. The predicted molar refractivity (Wildman–Crippen MR) is 108 cm³/mol. The molecular weight excluding hydrogens is 360 g/mol. The Morgan fingerprint density at radius 2 is 2.07 bits per heavy atom. The van der Waals surface area contributed by atoms with Crippen molar-refractivity contribution in [1.29, 1.82) is 0 Å². The van der Waals surface area contributed by atoms with Crippen LogP contribution in [0, 0.1) is 12.1 Å². The molecule has 2 N–H and O–H groups in total. The van der Waals surface area contributed by atoms with Gasteiger partial charge < -0.3 is 20.0 Å². The van der Waals surface area contributed by atoms with Crippen molar-refractivity contribution in [2.45, 2.75) is 20.3 Å². The minimum Gasteiger partial charge on any atom is -0.624 e. The van der Waals surface area contributed by atoms with Crippen molar-refractivity contribution >= 4 is 17.4 Å². The first-order chi connectivity index (χ1) is 13.4. The zero-order valence-electron chi connectivity index (χ0n) is 16.4. The van der Waals surface area contributed by atoms with Gasteiger partial charge in [-0.15, -0.1) is 0 Å². The Kier molecular flexibility index (Phi) is 5.71. The summed E-state index contributed by atoms with van der Waals surface area (Å²) in [6.45, 7) is 4.98. The van der Waals surface area contributed by atoms with E-state index in [1.165, 1.54) is 7.11 Å². The third-order valence-corrected chi connectivity index (χ3v) is 5.08. The highest BCUT2D eigenvalue weighted by Gasteiger charge is 2.33. The van der Waals surface area contributed by atoms with Crippen molar-refractivity contribution < 1.29 is 19.3 Å². The van der Waals surface area contributed by atoms with Gasteiger partial charge in [0.2, 0.25) is 5.88 Å².